The minimum Gasteiger partial charge on any atom is -0.305 e. The van der Waals surface area contributed by atoms with E-state index < -0.39 is 0 Å². The van der Waals surface area contributed by atoms with Crippen LogP contribution in [-0.2, 0) is 10.9 Å². The molecule has 1 aromatic heterocycles. The van der Waals surface area contributed by atoms with Crippen molar-refractivity contribution in [1.82, 2.24) is 14.8 Å². The van der Waals surface area contributed by atoms with Crippen molar-refractivity contribution in [2.45, 2.75) is 38.6 Å². The highest BCUT2D eigenvalue weighted by Gasteiger charge is 2.24. The molecule has 102 valence electrons. The van der Waals surface area contributed by atoms with Crippen LogP contribution in [0.15, 0.2) is 18.2 Å². The molecule has 0 atom stereocenters. The molecule has 0 N–H and O–H groups in total. The highest BCUT2D eigenvalue weighted by Crippen LogP contribution is 2.29. The smallest absolute Gasteiger partial charge is 0.164 e. The molecule has 1 aromatic carbocycles. The molecule has 19 heavy (non-hydrogen) atoms. The van der Waals surface area contributed by atoms with Crippen molar-refractivity contribution in [1.29, 1.82) is 0 Å². The molecule has 0 saturated heterocycles. The Morgan fingerprint density at radius 1 is 1.26 bits per heavy atom. The number of hydrogen-bond donors (Lipinski definition) is 0. The van der Waals surface area contributed by atoms with Crippen molar-refractivity contribution in [3.63, 3.8) is 0 Å². The van der Waals surface area contributed by atoms with Crippen LogP contribution >= 0.6 is 15.9 Å². The van der Waals surface area contributed by atoms with Crippen molar-refractivity contribution in [3.05, 3.63) is 35.4 Å². The third-order valence-electron chi connectivity index (χ3n) is 2.95. The largest absolute Gasteiger partial charge is 0.305 e. The first-order valence-corrected chi connectivity index (χ1v) is 7.24. The van der Waals surface area contributed by atoms with Gasteiger partial charge in [0, 0.05) is 11.1 Å². The maximum atomic E-state index is 13.2. The molecule has 0 amide bonds. The third kappa shape index (κ3) is 2.71. The predicted octanol–water partition coefficient (Wildman–Crippen LogP) is 4.04. The molecule has 2 aromatic rings. The lowest BCUT2D eigenvalue weighted by atomic mass is 10.0. The van der Waals surface area contributed by atoms with Gasteiger partial charge in [-0.25, -0.2) is 4.39 Å². The fourth-order valence-corrected chi connectivity index (χ4v) is 2.52. The zero-order chi connectivity index (χ0) is 14.2. The van der Waals surface area contributed by atoms with Crippen LogP contribution in [0.5, 0.6) is 0 Å². The van der Waals surface area contributed by atoms with Gasteiger partial charge in [-0.2, -0.15) is 0 Å². The highest BCUT2D eigenvalue weighted by molar-refractivity contribution is 9.08. The molecule has 0 aliphatic rings. The molecule has 0 aliphatic heterocycles. The number of nitrogens with zero attached hydrogens (tertiary/aromatic N) is 3. The van der Waals surface area contributed by atoms with Gasteiger partial charge < -0.3 is 4.57 Å². The van der Waals surface area contributed by atoms with Crippen LogP contribution in [0.1, 0.15) is 32.2 Å². The molecule has 0 spiro atoms. The average Bonchev–Trinajstić information content (AvgIpc) is 2.72. The second-order valence-corrected chi connectivity index (χ2v) is 6.10. The molecule has 0 radical (unpaired) electrons. The number of hydrogen-bond acceptors (Lipinski definition) is 2. The Morgan fingerprint density at radius 2 is 1.95 bits per heavy atom. The van der Waals surface area contributed by atoms with Crippen molar-refractivity contribution in [3.8, 4) is 11.4 Å². The summed E-state index contributed by atoms with van der Waals surface area (Å²) in [6, 6.07) is 4.73. The molecule has 0 aliphatic carbocycles. The Kier molecular flexibility index (Phi) is 3.76. The monoisotopic (exact) mass is 325 g/mol. The van der Waals surface area contributed by atoms with Crippen molar-refractivity contribution in [2.75, 3.05) is 0 Å². The van der Waals surface area contributed by atoms with Crippen LogP contribution in [0.4, 0.5) is 4.39 Å². The van der Waals surface area contributed by atoms with Crippen molar-refractivity contribution >= 4 is 15.9 Å². The minimum absolute atomic E-state index is 0.136. The summed E-state index contributed by atoms with van der Waals surface area (Å²) in [6.45, 7) is 8.19. The molecular formula is C14H17BrFN3. The number of aromatic nitrogens is 3. The lowest BCUT2D eigenvalue weighted by molar-refractivity contribution is 0.391. The van der Waals surface area contributed by atoms with Gasteiger partial charge in [-0.3, -0.25) is 0 Å². The van der Waals surface area contributed by atoms with Gasteiger partial charge >= 0.3 is 0 Å². The van der Waals surface area contributed by atoms with E-state index in [-0.39, 0.29) is 11.4 Å². The van der Waals surface area contributed by atoms with Crippen LogP contribution in [0.25, 0.3) is 11.4 Å². The van der Waals surface area contributed by atoms with E-state index in [4.69, 9.17) is 0 Å². The maximum Gasteiger partial charge on any atom is 0.164 e. The van der Waals surface area contributed by atoms with Crippen LogP contribution in [0, 0.1) is 12.7 Å². The van der Waals surface area contributed by atoms with Crippen molar-refractivity contribution < 1.29 is 4.39 Å². The summed E-state index contributed by atoms with van der Waals surface area (Å²) in [5, 5.41) is 9.12. The Bertz CT molecular complexity index is 599. The second-order valence-electron chi connectivity index (χ2n) is 5.54. The summed E-state index contributed by atoms with van der Waals surface area (Å²) in [4.78, 5) is 0. The van der Waals surface area contributed by atoms with E-state index in [9.17, 15) is 4.39 Å². The van der Waals surface area contributed by atoms with Gasteiger partial charge in [0.1, 0.15) is 11.6 Å². The molecule has 2 rings (SSSR count). The number of alkyl halides is 1. The van der Waals surface area contributed by atoms with E-state index in [1.165, 1.54) is 12.1 Å². The first kappa shape index (κ1) is 14.2. The summed E-state index contributed by atoms with van der Waals surface area (Å²) >= 11 is 3.43. The first-order chi connectivity index (χ1) is 8.84. The van der Waals surface area contributed by atoms with Crippen LogP contribution in [0.3, 0.4) is 0 Å². The van der Waals surface area contributed by atoms with Crippen molar-refractivity contribution in [2.24, 2.45) is 0 Å². The number of rotatable bonds is 2. The van der Waals surface area contributed by atoms with Crippen LogP contribution in [-0.4, -0.2) is 14.8 Å². The summed E-state index contributed by atoms with van der Waals surface area (Å²) in [5.74, 6) is 1.41. The maximum absolute atomic E-state index is 13.2. The fourth-order valence-electron chi connectivity index (χ4n) is 2.16. The molecule has 0 unspecified atom stereocenters. The molecule has 0 bridgehead atoms. The predicted molar refractivity (Wildman–Crippen MR) is 77.8 cm³/mol. The Balaban J connectivity index is 2.66. The number of halogens is 2. The zero-order valence-electron chi connectivity index (χ0n) is 11.5. The summed E-state index contributed by atoms with van der Waals surface area (Å²) in [5.41, 5.74) is 1.64. The molecule has 0 saturated carbocycles. The Labute approximate surface area is 121 Å². The average molecular weight is 326 g/mol. The fraction of sp³-hybridized carbons (Fsp3) is 0.429. The topological polar surface area (TPSA) is 30.7 Å². The van der Waals surface area contributed by atoms with Gasteiger partial charge in [0.25, 0.3) is 0 Å². The number of benzene rings is 1. The quantitative estimate of drug-likeness (QED) is 0.780. The molecule has 0 fully saturated rings. The first-order valence-electron chi connectivity index (χ1n) is 6.12. The zero-order valence-corrected chi connectivity index (χ0v) is 13.1. The van der Waals surface area contributed by atoms with E-state index in [0.29, 0.717) is 5.33 Å². The van der Waals surface area contributed by atoms with Crippen LogP contribution in [0.2, 0.25) is 0 Å². The van der Waals surface area contributed by atoms with Gasteiger partial charge in [-0.05, 0) is 51.5 Å². The number of aryl methyl sites for hydroxylation is 1. The van der Waals surface area contributed by atoms with E-state index in [2.05, 4.69) is 51.5 Å². The van der Waals surface area contributed by atoms with E-state index in [1.54, 1.807) is 6.07 Å². The normalized spacial score (nSPS) is 11.9. The molecule has 1 heterocycles. The standard InChI is InChI=1S/C14H17BrFN3/c1-9-7-10(16)5-6-11(9)13-18-17-12(8-15)19(13)14(2,3)4/h5-7H,8H2,1-4H3. The lowest BCUT2D eigenvalue weighted by Gasteiger charge is -2.25. The van der Waals surface area contributed by atoms with E-state index >= 15 is 0 Å². The molecular weight excluding hydrogens is 309 g/mol. The SMILES string of the molecule is Cc1cc(F)ccc1-c1nnc(CBr)n1C(C)(C)C. The molecule has 3 nitrogen and oxygen atoms in total. The van der Waals surface area contributed by atoms with E-state index in [0.717, 1.165) is 22.8 Å². The lowest BCUT2D eigenvalue weighted by Crippen LogP contribution is -2.25. The minimum atomic E-state index is -0.233. The van der Waals surface area contributed by atoms with Gasteiger partial charge in [0.15, 0.2) is 5.82 Å². The van der Waals surface area contributed by atoms with Gasteiger partial charge in [-0.1, -0.05) is 15.9 Å². The summed E-state index contributed by atoms with van der Waals surface area (Å²) in [6.07, 6.45) is 0. The Hall–Kier alpha value is -1.23. The molecule has 5 heteroatoms. The summed E-state index contributed by atoms with van der Waals surface area (Å²) in [7, 11) is 0. The Morgan fingerprint density at radius 3 is 2.47 bits per heavy atom. The third-order valence-corrected chi connectivity index (χ3v) is 3.45. The summed E-state index contributed by atoms with van der Waals surface area (Å²) < 4.78 is 15.3. The van der Waals surface area contributed by atoms with E-state index in [1.807, 2.05) is 6.92 Å². The van der Waals surface area contributed by atoms with Crippen LogP contribution < -0.4 is 0 Å². The van der Waals surface area contributed by atoms with Gasteiger partial charge in [0.2, 0.25) is 0 Å². The van der Waals surface area contributed by atoms with Gasteiger partial charge in [0.05, 0.1) is 5.33 Å². The second kappa shape index (κ2) is 5.04. The highest BCUT2D eigenvalue weighted by atomic mass is 79.9. The van der Waals surface area contributed by atoms with Gasteiger partial charge in [-0.15, -0.1) is 10.2 Å².